The van der Waals surface area contributed by atoms with E-state index in [1.807, 2.05) is 0 Å². The van der Waals surface area contributed by atoms with Crippen molar-refractivity contribution < 1.29 is 0 Å². The molecule has 2 bridgehead atoms. The lowest BCUT2D eigenvalue weighted by atomic mass is 9.63. The normalized spacial score (nSPS) is 56.7. The second-order valence-electron chi connectivity index (χ2n) is 3.41. The SMILES string of the molecule is NC1CC(I)C2CC1C2. The third-order valence-corrected chi connectivity index (χ3v) is 4.35. The highest BCUT2D eigenvalue weighted by Crippen LogP contribution is 2.47. The molecule has 0 radical (unpaired) electrons. The van der Waals surface area contributed by atoms with Gasteiger partial charge in [0.25, 0.3) is 0 Å². The zero-order chi connectivity index (χ0) is 6.43. The van der Waals surface area contributed by atoms with Gasteiger partial charge in [-0.25, -0.2) is 0 Å². The molecule has 0 aromatic heterocycles. The van der Waals surface area contributed by atoms with Gasteiger partial charge in [0.15, 0.2) is 0 Å². The number of rotatable bonds is 0. The van der Waals surface area contributed by atoms with Crippen molar-refractivity contribution in [2.75, 3.05) is 0 Å². The third kappa shape index (κ3) is 0.909. The van der Waals surface area contributed by atoms with Gasteiger partial charge in [-0.3, -0.25) is 0 Å². The van der Waals surface area contributed by atoms with Gasteiger partial charge in [-0.05, 0) is 31.1 Å². The van der Waals surface area contributed by atoms with Crippen LogP contribution in [0.1, 0.15) is 19.3 Å². The van der Waals surface area contributed by atoms with E-state index in [2.05, 4.69) is 22.6 Å². The van der Waals surface area contributed by atoms with Gasteiger partial charge in [-0.2, -0.15) is 0 Å². The smallest absolute Gasteiger partial charge is 0.0153 e. The van der Waals surface area contributed by atoms with Crippen LogP contribution in [-0.2, 0) is 0 Å². The summed E-state index contributed by atoms with van der Waals surface area (Å²) in [4.78, 5) is 0. The molecular weight excluding hydrogens is 225 g/mol. The van der Waals surface area contributed by atoms with Crippen molar-refractivity contribution in [3.8, 4) is 0 Å². The van der Waals surface area contributed by atoms with Crippen LogP contribution >= 0.6 is 22.6 Å². The van der Waals surface area contributed by atoms with Crippen LogP contribution in [0.3, 0.4) is 0 Å². The van der Waals surface area contributed by atoms with Crippen LogP contribution in [-0.4, -0.2) is 9.97 Å². The number of fused-ring (bicyclic) bond motifs is 2. The molecule has 2 heteroatoms. The van der Waals surface area contributed by atoms with Gasteiger partial charge in [-0.15, -0.1) is 0 Å². The summed E-state index contributed by atoms with van der Waals surface area (Å²) < 4.78 is 0.891. The standard InChI is InChI=1S/C7H12IN/c8-6-3-7(9)5-1-4(6)2-5/h4-7H,1-3,9H2. The number of hydrogen-bond acceptors (Lipinski definition) is 1. The molecule has 52 valence electrons. The molecule has 0 amide bonds. The fourth-order valence-electron chi connectivity index (χ4n) is 2.00. The van der Waals surface area contributed by atoms with Gasteiger partial charge in [0.05, 0.1) is 0 Å². The largest absolute Gasteiger partial charge is 0.327 e. The molecule has 0 spiro atoms. The molecule has 3 fully saturated rings. The summed E-state index contributed by atoms with van der Waals surface area (Å²) in [5.74, 6) is 1.94. The van der Waals surface area contributed by atoms with Crippen molar-refractivity contribution in [3.05, 3.63) is 0 Å². The maximum atomic E-state index is 5.90. The average Bonchev–Trinajstić information content (AvgIpc) is 1.57. The Morgan fingerprint density at radius 2 is 1.78 bits per heavy atom. The molecule has 3 saturated carbocycles. The summed E-state index contributed by atoms with van der Waals surface area (Å²) in [5, 5.41) is 0. The van der Waals surface area contributed by atoms with E-state index in [-0.39, 0.29) is 0 Å². The molecule has 9 heavy (non-hydrogen) atoms. The molecule has 3 rings (SSSR count). The Hall–Kier alpha value is 0.690. The van der Waals surface area contributed by atoms with Crippen LogP contribution < -0.4 is 5.73 Å². The summed E-state index contributed by atoms with van der Waals surface area (Å²) in [6, 6.07) is 0.539. The Kier molecular flexibility index (Phi) is 1.49. The Balaban J connectivity index is 2.04. The molecule has 3 aliphatic carbocycles. The van der Waals surface area contributed by atoms with Crippen molar-refractivity contribution in [2.24, 2.45) is 17.6 Å². The first-order chi connectivity index (χ1) is 4.27. The Morgan fingerprint density at radius 1 is 1.11 bits per heavy atom. The van der Waals surface area contributed by atoms with Crippen molar-refractivity contribution in [3.63, 3.8) is 0 Å². The monoisotopic (exact) mass is 237 g/mol. The van der Waals surface area contributed by atoms with Crippen molar-refractivity contribution in [1.82, 2.24) is 0 Å². The van der Waals surface area contributed by atoms with Crippen LogP contribution in [0, 0.1) is 11.8 Å². The minimum atomic E-state index is 0.539. The highest BCUT2D eigenvalue weighted by Gasteiger charge is 2.43. The zero-order valence-electron chi connectivity index (χ0n) is 5.39. The van der Waals surface area contributed by atoms with Gasteiger partial charge in [0.1, 0.15) is 0 Å². The van der Waals surface area contributed by atoms with Crippen LogP contribution in [0.5, 0.6) is 0 Å². The molecule has 0 saturated heterocycles. The van der Waals surface area contributed by atoms with Crippen molar-refractivity contribution in [2.45, 2.75) is 29.2 Å². The lowest BCUT2D eigenvalue weighted by Gasteiger charge is -2.48. The van der Waals surface area contributed by atoms with Crippen molar-refractivity contribution >= 4 is 22.6 Å². The lowest BCUT2D eigenvalue weighted by molar-refractivity contribution is 0.104. The van der Waals surface area contributed by atoms with Gasteiger partial charge in [-0.1, -0.05) is 22.6 Å². The van der Waals surface area contributed by atoms with Crippen LogP contribution in [0.2, 0.25) is 0 Å². The summed E-state index contributed by atoms with van der Waals surface area (Å²) in [5.41, 5.74) is 5.90. The van der Waals surface area contributed by atoms with E-state index in [1.54, 1.807) is 0 Å². The quantitative estimate of drug-likeness (QED) is 0.502. The summed E-state index contributed by atoms with van der Waals surface area (Å²) >= 11 is 2.56. The van der Waals surface area contributed by atoms with Gasteiger partial charge in [0, 0.05) is 9.97 Å². The first kappa shape index (κ1) is 6.40. The molecule has 2 atom stereocenters. The number of hydrogen-bond donors (Lipinski definition) is 1. The van der Waals surface area contributed by atoms with Crippen LogP contribution in [0.4, 0.5) is 0 Å². The summed E-state index contributed by atoms with van der Waals surface area (Å²) in [6.07, 6.45) is 4.12. The fourth-order valence-corrected chi connectivity index (χ4v) is 3.17. The minimum Gasteiger partial charge on any atom is -0.327 e. The molecule has 2 N–H and O–H groups in total. The van der Waals surface area contributed by atoms with E-state index in [9.17, 15) is 0 Å². The second kappa shape index (κ2) is 2.09. The first-order valence-electron chi connectivity index (χ1n) is 3.67. The van der Waals surface area contributed by atoms with E-state index >= 15 is 0 Å². The van der Waals surface area contributed by atoms with E-state index in [4.69, 9.17) is 5.73 Å². The molecule has 0 heterocycles. The number of alkyl halides is 1. The van der Waals surface area contributed by atoms with Crippen LogP contribution in [0.25, 0.3) is 0 Å². The topological polar surface area (TPSA) is 26.0 Å². The molecular formula is C7H12IN. The van der Waals surface area contributed by atoms with Crippen molar-refractivity contribution in [1.29, 1.82) is 0 Å². The highest BCUT2D eigenvalue weighted by atomic mass is 127. The minimum absolute atomic E-state index is 0.539. The van der Waals surface area contributed by atoms with Gasteiger partial charge in [0.2, 0.25) is 0 Å². The molecule has 0 aliphatic heterocycles. The predicted octanol–water partition coefficient (Wildman–Crippen LogP) is 1.55. The fraction of sp³-hybridized carbons (Fsp3) is 1.00. The average molecular weight is 237 g/mol. The van der Waals surface area contributed by atoms with E-state index in [1.165, 1.54) is 19.3 Å². The highest BCUT2D eigenvalue weighted by molar-refractivity contribution is 14.1. The third-order valence-electron chi connectivity index (χ3n) is 2.83. The van der Waals surface area contributed by atoms with E-state index in [0.717, 1.165) is 15.8 Å². The predicted molar refractivity (Wildman–Crippen MR) is 46.6 cm³/mol. The zero-order valence-corrected chi connectivity index (χ0v) is 7.54. The number of halogens is 1. The van der Waals surface area contributed by atoms with Gasteiger partial charge >= 0.3 is 0 Å². The van der Waals surface area contributed by atoms with E-state index < -0.39 is 0 Å². The number of nitrogens with two attached hydrogens (primary N) is 1. The molecule has 3 aliphatic rings. The Labute approximate surface area is 69.5 Å². The van der Waals surface area contributed by atoms with Gasteiger partial charge < -0.3 is 5.73 Å². The Bertz CT molecular complexity index is 108. The maximum absolute atomic E-state index is 5.90. The molecule has 0 aromatic rings. The molecule has 0 aromatic carbocycles. The summed E-state index contributed by atoms with van der Waals surface area (Å²) in [6.45, 7) is 0. The first-order valence-corrected chi connectivity index (χ1v) is 4.91. The lowest BCUT2D eigenvalue weighted by Crippen LogP contribution is -2.49. The maximum Gasteiger partial charge on any atom is 0.0153 e. The van der Waals surface area contributed by atoms with E-state index in [0.29, 0.717) is 6.04 Å². The second-order valence-corrected chi connectivity index (χ2v) is 5.01. The Morgan fingerprint density at radius 3 is 2.11 bits per heavy atom. The molecule has 2 unspecified atom stereocenters. The summed E-state index contributed by atoms with van der Waals surface area (Å²) in [7, 11) is 0. The molecule has 1 nitrogen and oxygen atoms in total. The van der Waals surface area contributed by atoms with Crippen LogP contribution in [0.15, 0.2) is 0 Å².